The summed E-state index contributed by atoms with van der Waals surface area (Å²) in [7, 11) is 0. The van der Waals surface area contributed by atoms with E-state index in [2.05, 4.69) is 10.6 Å². The molecule has 6 heteroatoms. The number of aliphatic hydroxyl groups is 1. The number of carbonyl (C=O) groups is 2. The molecule has 0 bridgehead atoms. The van der Waals surface area contributed by atoms with E-state index in [-0.39, 0.29) is 18.4 Å². The van der Waals surface area contributed by atoms with E-state index in [0.717, 1.165) is 16.7 Å². The van der Waals surface area contributed by atoms with Crippen LogP contribution in [0.2, 0.25) is 0 Å². The number of hydrogen-bond acceptors (Lipinski definition) is 4. The summed E-state index contributed by atoms with van der Waals surface area (Å²) in [6, 6.07) is 28.5. The fraction of sp³-hybridized carbons (Fsp3) is 0.333. The highest BCUT2D eigenvalue weighted by atomic mass is 16.6. The number of rotatable bonds is 12. The molecule has 0 aliphatic heterocycles. The molecule has 0 aliphatic carbocycles. The molecule has 0 aromatic heterocycles. The topological polar surface area (TPSA) is 87.7 Å². The SMILES string of the molecule is CC(C)OC(=O)N[C@@H](Cc1ccccc1)[C@@H](O)C[C@@H](Cc1ccccc1)C(=O)NCc1ccccc1. The lowest BCUT2D eigenvalue weighted by atomic mass is 9.88. The third kappa shape index (κ3) is 9.19. The first kappa shape index (κ1) is 27.0. The van der Waals surface area contributed by atoms with E-state index >= 15 is 0 Å². The van der Waals surface area contributed by atoms with Crippen molar-refractivity contribution in [2.24, 2.45) is 5.92 Å². The van der Waals surface area contributed by atoms with Crippen molar-refractivity contribution in [3.8, 4) is 0 Å². The first-order valence-electron chi connectivity index (χ1n) is 12.5. The normalized spacial score (nSPS) is 13.4. The standard InChI is InChI=1S/C30H36N2O4/c1-22(2)36-30(35)32-27(19-24-14-8-4-9-15-24)28(33)20-26(18-23-12-6-3-7-13-23)29(34)31-21-25-16-10-5-11-17-25/h3-17,22,26-28,33H,18-21H2,1-2H3,(H,31,34)(H,32,35)/t26-,27+,28+/m1/s1. The minimum Gasteiger partial charge on any atom is -0.447 e. The Bertz CT molecular complexity index is 1060. The van der Waals surface area contributed by atoms with Crippen LogP contribution in [-0.4, -0.2) is 35.4 Å². The molecule has 0 heterocycles. The van der Waals surface area contributed by atoms with Crippen LogP contribution >= 0.6 is 0 Å². The molecule has 3 aromatic rings. The molecule has 2 amide bonds. The molecule has 0 aliphatic rings. The number of alkyl carbamates (subject to hydrolysis) is 1. The molecule has 0 saturated heterocycles. The average Bonchev–Trinajstić information content (AvgIpc) is 2.88. The van der Waals surface area contributed by atoms with Crippen LogP contribution in [0.25, 0.3) is 0 Å². The molecule has 3 N–H and O–H groups in total. The van der Waals surface area contributed by atoms with Gasteiger partial charge in [0.15, 0.2) is 0 Å². The Labute approximate surface area is 213 Å². The zero-order chi connectivity index (χ0) is 25.8. The lowest BCUT2D eigenvalue weighted by Gasteiger charge is -2.27. The van der Waals surface area contributed by atoms with Gasteiger partial charge in [0.2, 0.25) is 5.91 Å². The minimum absolute atomic E-state index is 0.134. The molecule has 0 fully saturated rings. The lowest BCUT2D eigenvalue weighted by Crippen LogP contribution is -2.47. The van der Waals surface area contributed by atoms with Gasteiger partial charge in [-0.3, -0.25) is 4.79 Å². The van der Waals surface area contributed by atoms with Gasteiger partial charge in [-0.2, -0.15) is 0 Å². The van der Waals surface area contributed by atoms with Crippen LogP contribution in [0.1, 0.15) is 37.0 Å². The van der Waals surface area contributed by atoms with Gasteiger partial charge in [0, 0.05) is 12.5 Å². The largest absolute Gasteiger partial charge is 0.447 e. The molecule has 0 unspecified atom stereocenters. The minimum atomic E-state index is -0.957. The smallest absolute Gasteiger partial charge is 0.407 e. The number of ether oxygens (including phenoxy) is 1. The molecular formula is C30H36N2O4. The molecule has 0 radical (unpaired) electrons. The van der Waals surface area contributed by atoms with Gasteiger partial charge in [0.05, 0.1) is 18.2 Å². The maximum absolute atomic E-state index is 13.3. The van der Waals surface area contributed by atoms with E-state index in [1.54, 1.807) is 13.8 Å². The van der Waals surface area contributed by atoms with Gasteiger partial charge < -0.3 is 20.5 Å². The third-order valence-corrected chi connectivity index (χ3v) is 5.94. The Kier molecular flexibility index (Phi) is 10.5. The fourth-order valence-corrected chi connectivity index (χ4v) is 4.12. The number of hydrogen-bond donors (Lipinski definition) is 3. The van der Waals surface area contributed by atoms with Gasteiger partial charge in [-0.15, -0.1) is 0 Å². The Morgan fingerprint density at radius 2 is 1.28 bits per heavy atom. The second-order valence-electron chi connectivity index (χ2n) is 9.29. The molecule has 0 spiro atoms. The van der Waals surface area contributed by atoms with Gasteiger partial charge in [-0.1, -0.05) is 91.0 Å². The van der Waals surface area contributed by atoms with E-state index in [4.69, 9.17) is 4.74 Å². The van der Waals surface area contributed by atoms with E-state index in [0.29, 0.717) is 19.4 Å². The van der Waals surface area contributed by atoms with Crippen molar-refractivity contribution in [3.63, 3.8) is 0 Å². The molecule has 3 aromatic carbocycles. The van der Waals surface area contributed by atoms with Crippen molar-refractivity contribution in [1.82, 2.24) is 10.6 Å². The molecule has 36 heavy (non-hydrogen) atoms. The van der Waals surface area contributed by atoms with Crippen LogP contribution in [0.15, 0.2) is 91.0 Å². The summed E-state index contributed by atoms with van der Waals surface area (Å²) < 4.78 is 5.26. The molecule has 3 atom stereocenters. The summed E-state index contributed by atoms with van der Waals surface area (Å²) in [5.74, 6) is -0.614. The number of aliphatic hydroxyl groups excluding tert-OH is 1. The maximum atomic E-state index is 13.3. The van der Waals surface area contributed by atoms with Gasteiger partial charge >= 0.3 is 6.09 Å². The summed E-state index contributed by atoms with van der Waals surface area (Å²) in [4.78, 5) is 25.7. The van der Waals surface area contributed by atoms with Crippen molar-refractivity contribution in [1.29, 1.82) is 0 Å². The zero-order valence-electron chi connectivity index (χ0n) is 21.0. The highest BCUT2D eigenvalue weighted by Gasteiger charge is 2.29. The quantitative estimate of drug-likeness (QED) is 0.346. The van der Waals surface area contributed by atoms with Crippen LogP contribution in [-0.2, 0) is 28.9 Å². The molecule has 0 saturated carbocycles. The predicted octanol–water partition coefficient (Wildman–Crippen LogP) is 4.66. The van der Waals surface area contributed by atoms with Gasteiger partial charge in [-0.05, 0) is 49.8 Å². The van der Waals surface area contributed by atoms with Crippen molar-refractivity contribution in [2.75, 3.05) is 0 Å². The molecule has 3 rings (SSSR count). The van der Waals surface area contributed by atoms with Gasteiger partial charge in [0.25, 0.3) is 0 Å². The number of amides is 2. The van der Waals surface area contributed by atoms with Crippen LogP contribution in [0.4, 0.5) is 4.79 Å². The van der Waals surface area contributed by atoms with Crippen LogP contribution in [0.3, 0.4) is 0 Å². The van der Waals surface area contributed by atoms with Crippen molar-refractivity contribution in [2.45, 2.75) is 57.9 Å². The first-order chi connectivity index (χ1) is 17.4. The number of nitrogens with one attached hydrogen (secondary N) is 2. The second kappa shape index (κ2) is 14.0. The van der Waals surface area contributed by atoms with E-state index < -0.39 is 24.2 Å². The second-order valence-corrected chi connectivity index (χ2v) is 9.29. The summed E-state index contributed by atoms with van der Waals surface area (Å²) >= 11 is 0. The summed E-state index contributed by atoms with van der Waals surface area (Å²) in [5, 5.41) is 17.1. The summed E-state index contributed by atoms with van der Waals surface area (Å²) in [5.41, 5.74) is 2.99. The van der Waals surface area contributed by atoms with Crippen molar-refractivity contribution >= 4 is 12.0 Å². The third-order valence-electron chi connectivity index (χ3n) is 5.94. The van der Waals surface area contributed by atoms with Crippen LogP contribution < -0.4 is 10.6 Å². The van der Waals surface area contributed by atoms with E-state index in [1.165, 1.54) is 0 Å². The van der Waals surface area contributed by atoms with E-state index in [1.807, 2.05) is 91.0 Å². The molecular weight excluding hydrogens is 452 g/mol. The summed E-state index contributed by atoms with van der Waals surface area (Å²) in [6.07, 6.45) is -0.741. The summed E-state index contributed by atoms with van der Waals surface area (Å²) in [6.45, 7) is 3.96. The van der Waals surface area contributed by atoms with Gasteiger partial charge in [0.1, 0.15) is 0 Å². The average molecular weight is 489 g/mol. The first-order valence-corrected chi connectivity index (χ1v) is 12.5. The Morgan fingerprint density at radius 3 is 1.81 bits per heavy atom. The predicted molar refractivity (Wildman–Crippen MR) is 141 cm³/mol. The van der Waals surface area contributed by atoms with E-state index in [9.17, 15) is 14.7 Å². The monoisotopic (exact) mass is 488 g/mol. The highest BCUT2D eigenvalue weighted by molar-refractivity contribution is 5.79. The molecule has 6 nitrogen and oxygen atoms in total. The fourth-order valence-electron chi connectivity index (χ4n) is 4.12. The highest BCUT2D eigenvalue weighted by Crippen LogP contribution is 2.19. The Hall–Kier alpha value is -3.64. The van der Waals surface area contributed by atoms with Gasteiger partial charge in [-0.25, -0.2) is 4.79 Å². The number of benzene rings is 3. The molecule has 190 valence electrons. The Morgan fingerprint density at radius 1 is 0.778 bits per heavy atom. The maximum Gasteiger partial charge on any atom is 0.407 e. The zero-order valence-corrected chi connectivity index (χ0v) is 21.0. The van der Waals surface area contributed by atoms with Crippen molar-refractivity contribution < 1.29 is 19.4 Å². The number of carbonyl (C=O) groups excluding carboxylic acids is 2. The van der Waals surface area contributed by atoms with Crippen molar-refractivity contribution in [3.05, 3.63) is 108 Å². The Balaban J connectivity index is 1.75. The van der Waals surface area contributed by atoms with Crippen LogP contribution in [0, 0.1) is 5.92 Å². The lowest BCUT2D eigenvalue weighted by molar-refractivity contribution is -0.126. The van der Waals surface area contributed by atoms with Crippen LogP contribution in [0.5, 0.6) is 0 Å².